The Morgan fingerprint density at radius 2 is 2.22 bits per heavy atom. The Hall–Kier alpha value is -2.63. The van der Waals surface area contributed by atoms with Crippen LogP contribution in [0.25, 0.3) is 0 Å². The van der Waals surface area contributed by atoms with Crippen molar-refractivity contribution in [1.82, 2.24) is 14.9 Å². The minimum atomic E-state index is -0.0603. The van der Waals surface area contributed by atoms with E-state index < -0.39 is 0 Å². The van der Waals surface area contributed by atoms with Crippen LogP contribution in [0.15, 0.2) is 42.9 Å². The lowest BCUT2D eigenvalue weighted by molar-refractivity contribution is 0.0767. The van der Waals surface area contributed by atoms with Crippen LogP contribution in [0.2, 0.25) is 0 Å². The van der Waals surface area contributed by atoms with Crippen LogP contribution >= 0.6 is 0 Å². The third-order valence-corrected chi connectivity index (χ3v) is 3.68. The van der Waals surface area contributed by atoms with Gasteiger partial charge in [0.2, 0.25) is 5.88 Å². The summed E-state index contributed by atoms with van der Waals surface area (Å²) in [6.07, 6.45) is 5.48. The number of hydrogen-bond acceptors (Lipinski definition) is 5. The summed E-state index contributed by atoms with van der Waals surface area (Å²) < 4.78 is 11.3. The third kappa shape index (κ3) is 3.59. The zero-order valence-corrected chi connectivity index (χ0v) is 13.0. The van der Waals surface area contributed by atoms with Crippen molar-refractivity contribution < 1.29 is 14.3 Å². The Kier molecular flexibility index (Phi) is 4.71. The molecule has 1 aromatic carbocycles. The van der Waals surface area contributed by atoms with Crippen molar-refractivity contribution in [2.24, 2.45) is 0 Å². The van der Waals surface area contributed by atoms with E-state index in [1.165, 1.54) is 0 Å². The molecule has 1 fully saturated rings. The topological polar surface area (TPSA) is 64.5 Å². The summed E-state index contributed by atoms with van der Waals surface area (Å²) in [6, 6.07) is 7.33. The molecule has 6 nitrogen and oxygen atoms in total. The largest absolute Gasteiger partial charge is 0.493 e. The number of para-hydroxylation sites is 1. The van der Waals surface area contributed by atoms with Gasteiger partial charge in [0.25, 0.3) is 5.91 Å². The van der Waals surface area contributed by atoms with Crippen molar-refractivity contribution in [2.75, 3.05) is 19.7 Å². The number of ether oxygens (including phenoxy) is 2. The number of aromatic nitrogens is 2. The van der Waals surface area contributed by atoms with Gasteiger partial charge in [0.1, 0.15) is 11.9 Å². The van der Waals surface area contributed by atoms with Crippen molar-refractivity contribution in [3.05, 3.63) is 48.4 Å². The average Bonchev–Trinajstić information content (AvgIpc) is 3.04. The molecule has 1 amide bonds. The zero-order chi connectivity index (χ0) is 16.1. The molecule has 0 spiro atoms. The Morgan fingerprint density at radius 1 is 1.35 bits per heavy atom. The fourth-order valence-corrected chi connectivity index (χ4v) is 2.62. The lowest BCUT2D eigenvalue weighted by Crippen LogP contribution is -2.31. The maximum atomic E-state index is 12.7. The van der Waals surface area contributed by atoms with E-state index in [0.717, 1.165) is 6.42 Å². The first kappa shape index (κ1) is 15.3. The van der Waals surface area contributed by atoms with Gasteiger partial charge in [-0.25, -0.2) is 4.98 Å². The van der Waals surface area contributed by atoms with Gasteiger partial charge in [-0.05, 0) is 19.1 Å². The second-order valence-electron chi connectivity index (χ2n) is 5.25. The fourth-order valence-electron chi connectivity index (χ4n) is 2.62. The molecule has 1 aliphatic heterocycles. The van der Waals surface area contributed by atoms with E-state index in [9.17, 15) is 4.79 Å². The standard InChI is InChI=1S/C17H19N3O3/c1-2-22-15-6-4-3-5-14(15)17(21)20-10-7-13(12-20)23-16-11-18-8-9-19-16/h3-6,8-9,11,13H,2,7,10,12H2,1H3. The molecule has 0 aliphatic carbocycles. The second-order valence-corrected chi connectivity index (χ2v) is 5.25. The summed E-state index contributed by atoms with van der Waals surface area (Å²) in [5.74, 6) is 1.08. The first-order valence-corrected chi connectivity index (χ1v) is 7.71. The Bertz CT molecular complexity index is 663. The van der Waals surface area contributed by atoms with Crippen LogP contribution < -0.4 is 9.47 Å². The molecule has 0 N–H and O–H groups in total. The molecule has 1 atom stereocenters. The van der Waals surface area contributed by atoms with Crippen LogP contribution in [0.1, 0.15) is 23.7 Å². The smallest absolute Gasteiger partial charge is 0.257 e. The van der Waals surface area contributed by atoms with Crippen LogP contribution in [0.4, 0.5) is 0 Å². The SMILES string of the molecule is CCOc1ccccc1C(=O)N1CCC(Oc2cnccn2)C1. The molecule has 1 aliphatic rings. The maximum Gasteiger partial charge on any atom is 0.257 e. The summed E-state index contributed by atoms with van der Waals surface area (Å²) in [6.45, 7) is 3.63. The highest BCUT2D eigenvalue weighted by molar-refractivity contribution is 5.97. The van der Waals surface area contributed by atoms with Crippen molar-refractivity contribution in [3.63, 3.8) is 0 Å². The normalized spacial score (nSPS) is 17.1. The van der Waals surface area contributed by atoms with Gasteiger partial charge in [-0.2, -0.15) is 0 Å². The zero-order valence-electron chi connectivity index (χ0n) is 13.0. The fraction of sp³-hybridized carbons (Fsp3) is 0.353. The highest BCUT2D eigenvalue weighted by atomic mass is 16.5. The molecule has 1 saturated heterocycles. The van der Waals surface area contributed by atoms with Crippen molar-refractivity contribution >= 4 is 5.91 Å². The minimum Gasteiger partial charge on any atom is -0.493 e. The lowest BCUT2D eigenvalue weighted by Gasteiger charge is -2.18. The van der Waals surface area contributed by atoms with E-state index in [2.05, 4.69) is 9.97 Å². The van der Waals surface area contributed by atoms with E-state index in [-0.39, 0.29) is 12.0 Å². The van der Waals surface area contributed by atoms with E-state index in [1.54, 1.807) is 29.6 Å². The number of rotatable bonds is 5. The summed E-state index contributed by atoms with van der Waals surface area (Å²) in [7, 11) is 0. The molecule has 2 heterocycles. The van der Waals surface area contributed by atoms with Crippen LogP contribution in [-0.2, 0) is 0 Å². The Morgan fingerprint density at radius 3 is 3.00 bits per heavy atom. The first-order chi connectivity index (χ1) is 11.3. The number of amides is 1. The second kappa shape index (κ2) is 7.09. The molecular weight excluding hydrogens is 294 g/mol. The predicted molar refractivity (Wildman–Crippen MR) is 84.6 cm³/mol. The van der Waals surface area contributed by atoms with Crippen molar-refractivity contribution in [1.29, 1.82) is 0 Å². The lowest BCUT2D eigenvalue weighted by atomic mass is 10.2. The van der Waals surface area contributed by atoms with E-state index >= 15 is 0 Å². The van der Waals surface area contributed by atoms with Crippen LogP contribution in [0.3, 0.4) is 0 Å². The third-order valence-electron chi connectivity index (χ3n) is 3.68. The van der Waals surface area contributed by atoms with Crippen molar-refractivity contribution in [3.8, 4) is 11.6 Å². The molecule has 1 aromatic heterocycles. The monoisotopic (exact) mass is 313 g/mol. The summed E-state index contributed by atoms with van der Waals surface area (Å²) in [4.78, 5) is 22.6. The molecule has 3 rings (SSSR count). The number of likely N-dealkylation sites (tertiary alicyclic amines) is 1. The quantitative estimate of drug-likeness (QED) is 0.846. The van der Waals surface area contributed by atoms with Gasteiger partial charge >= 0.3 is 0 Å². The van der Waals surface area contributed by atoms with Gasteiger partial charge in [0.15, 0.2) is 0 Å². The van der Waals surface area contributed by atoms with Gasteiger partial charge in [0.05, 0.1) is 24.9 Å². The van der Waals surface area contributed by atoms with E-state index in [1.807, 2.05) is 25.1 Å². The number of hydrogen-bond donors (Lipinski definition) is 0. The minimum absolute atomic E-state index is 0.0284. The summed E-state index contributed by atoms with van der Waals surface area (Å²) >= 11 is 0. The number of carbonyl (C=O) groups excluding carboxylic acids is 1. The van der Waals surface area contributed by atoms with Gasteiger partial charge in [-0.3, -0.25) is 9.78 Å². The van der Waals surface area contributed by atoms with Gasteiger partial charge in [0, 0.05) is 25.4 Å². The summed E-state index contributed by atoms with van der Waals surface area (Å²) in [5.41, 5.74) is 0.592. The molecule has 0 radical (unpaired) electrons. The number of carbonyl (C=O) groups is 1. The highest BCUT2D eigenvalue weighted by Gasteiger charge is 2.29. The summed E-state index contributed by atoms with van der Waals surface area (Å²) in [5, 5.41) is 0. The van der Waals surface area contributed by atoms with Crippen LogP contribution in [-0.4, -0.2) is 46.6 Å². The van der Waals surface area contributed by atoms with Crippen LogP contribution in [0, 0.1) is 0 Å². The molecule has 0 saturated carbocycles. The number of benzene rings is 1. The van der Waals surface area contributed by atoms with Crippen molar-refractivity contribution in [2.45, 2.75) is 19.4 Å². The molecule has 120 valence electrons. The molecule has 6 heteroatoms. The van der Waals surface area contributed by atoms with E-state index in [0.29, 0.717) is 36.9 Å². The van der Waals surface area contributed by atoms with E-state index in [4.69, 9.17) is 9.47 Å². The number of nitrogens with zero attached hydrogens (tertiary/aromatic N) is 3. The average molecular weight is 313 g/mol. The van der Waals surface area contributed by atoms with Gasteiger partial charge in [-0.1, -0.05) is 12.1 Å². The predicted octanol–water partition coefficient (Wildman–Crippen LogP) is 2.17. The Balaban J connectivity index is 1.66. The maximum absolute atomic E-state index is 12.7. The molecule has 1 unspecified atom stereocenters. The molecule has 0 bridgehead atoms. The Labute approximate surface area is 135 Å². The molecule has 23 heavy (non-hydrogen) atoms. The first-order valence-electron chi connectivity index (χ1n) is 7.71. The highest BCUT2D eigenvalue weighted by Crippen LogP contribution is 2.23. The van der Waals surface area contributed by atoms with Crippen LogP contribution in [0.5, 0.6) is 11.6 Å². The van der Waals surface area contributed by atoms with Gasteiger partial charge in [-0.15, -0.1) is 0 Å². The molecule has 2 aromatic rings. The van der Waals surface area contributed by atoms with Gasteiger partial charge < -0.3 is 14.4 Å². The molecular formula is C17H19N3O3.